The Kier molecular flexibility index (Phi) is 3.70. The van der Waals surface area contributed by atoms with Gasteiger partial charge in [-0.2, -0.15) is 0 Å². The van der Waals surface area contributed by atoms with Crippen molar-refractivity contribution < 1.29 is 13.6 Å². The second-order valence-corrected chi connectivity index (χ2v) is 3.86. The second-order valence-electron chi connectivity index (χ2n) is 3.86. The summed E-state index contributed by atoms with van der Waals surface area (Å²) in [6, 6.07) is 6.30. The van der Waals surface area contributed by atoms with E-state index < -0.39 is 17.5 Å². The van der Waals surface area contributed by atoms with Crippen LogP contribution >= 0.6 is 0 Å². The zero-order chi connectivity index (χ0) is 13.8. The SMILES string of the molecule is Nc1cccnc1C(=O)NCc1ccc(F)cc1F. The van der Waals surface area contributed by atoms with Crippen molar-refractivity contribution >= 4 is 11.6 Å². The fraction of sp³-hybridized carbons (Fsp3) is 0.0769. The summed E-state index contributed by atoms with van der Waals surface area (Å²) in [4.78, 5) is 15.6. The minimum atomic E-state index is -0.714. The van der Waals surface area contributed by atoms with Gasteiger partial charge in [0.2, 0.25) is 0 Å². The van der Waals surface area contributed by atoms with Crippen LogP contribution in [-0.4, -0.2) is 10.9 Å². The number of carbonyl (C=O) groups is 1. The molecule has 19 heavy (non-hydrogen) atoms. The Morgan fingerprint density at radius 3 is 2.79 bits per heavy atom. The van der Waals surface area contributed by atoms with E-state index in [0.717, 1.165) is 12.1 Å². The van der Waals surface area contributed by atoms with Gasteiger partial charge in [-0.25, -0.2) is 13.8 Å². The molecule has 2 aromatic rings. The van der Waals surface area contributed by atoms with Crippen molar-refractivity contribution in [1.29, 1.82) is 0 Å². The van der Waals surface area contributed by atoms with Gasteiger partial charge in [-0.3, -0.25) is 4.79 Å². The molecular weight excluding hydrogens is 252 g/mol. The van der Waals surface area contributed by atoms with Gasteiger partial charge in [-0.15, -0.1) is 0 Å². The molecule has 0 saturated heterocycles. The number of hydrogen-bond donors (Lipinski definition) is 2. The number of nitrogen functional groups attached to an aromatic ring is 1. The van der Waals surface area contributed by atoms with Gasteiger partial charge in [0.25, 0.3) is 5.91 Å². The predicted octanol–water partition coefficient (Wildman–Crippen LogP) is 1.87. The Bertz CT molecular complexity index is 617. The number of carbonyl (C=O) groups excluding carboxylic acids is 1. The first-order chi connectivity index (χ1) is 9.08. The van der Waals surface area contributed by atoms with Crippen molar-refractivity contribution in [1.82, 2.24) is 10.3 Å². The molecule has 3 N–H and O–H groups in total. The standard InChI is InChI=1S/C13H11F2N3O/c14-9-4-3-8(10(15)6-9)7-18-13(19)12-11(16)2-1-5-17-12/h1-6H,7,16H2,(H,18,19). The van der Waals surface area contributed by atoms with Crippen molar-refractivity contribution in [2.24, 2.45) is 0 Å². The van der Waals surface area contributed by atoms with E-state index in [4.69, 9.17) is 5.73 Å². The molecule has 0 aliphatic heterocycles. The molecule has 0 atom stereocenters. The normalized spacial score (nSPS) is 10.2. The first-order valence-corrected chi connectivity index (χ1v) is 5.50. The van der Waals surface area contributed by atoms with Crippen LogP contribution < -0.4 is 11.1 Å². The van der Waals surface area contributed by atoms with Gasteiger partial charge in [0, 0.05) is 24.4 Å². The Labute approximate surface area is 108 Å². The van der Waals surface area contributed by atoms with Crippen LogP contribution in [0.4, 0.5) is 14.5 Å². The quantitative estimate of drug-likeness (QED) is 0.888. The van der Waals surface area contributed by atoms with Crippen LogP contribution in [-0.2, 0) is 6.54 Å². The summed E-state index contributed by atoms with van der Waals surface area (Å²) in [7, 11) is 0. The van der Waals surface area contributed by atoms with Gasteiger partial charge >= 0.3 is 0 Å². The Hall–Kier alpha value is -2.50. The number of aromatic nitrogens is 1. The topological polar surface area (TPSA) is 68.0 Å². The van der Waals surface area contributed by atoms with Gasteiger partial charge in [0.1, 0.15) is 11.6 Å². The summed E-state index contributed by atoms with van der Waals surface area (Å²) < 4.78 is 26.1. The lowest BCUT2D eigenvalue weighted by Crippen LogP contribution is -2.25. The van der Waals surface area contributed by atoms with Crippen molar-refractivity contribution in [3.05, 3.63) is 59.4 Å². The molecule has 0 unspecified atom stereocenters. The first-order valence-electron chi connectivity index (χ1n) is 5.50. The average molecular weight is 263 g/mol. The average Bonchev–Trinajstić information content (AvgIpc) is 2.38. The summed E-state index contributed by atoms with van der Waals surface area (Å²) in [5, 5.41) is 2.47. The zero-order valence-electron chi connectivity index (χ0n) is 9.86. The maximum atomic E-state index is 13.4. The third-order valence-corrected chi connectivity index (χ3v) is 2.51. The van der Waals surface area contributed by atoms with Gasteiger partial charge < -0.3 is 11.1 Å². The van der Waals surface area contributed by atoms with Gasteiger partial charge in [0.15, 0.2) is 5.69 Å². The van der Waals surface area contributed by atoms with Crippen LogP contribution in [0, 0.1) is 11.6 Å². The number of amides is 1. The van der Waals surface area contributed by atoms with Crippen molar-refractivity contribution in [2.45, 2.75) is 6.54 Å². The van der Waals surface area contributed by atoms with Crippen molar-refractivity contribution in [3.63, 3.8) is 0 Å². The molecule has 98 valence electrons. The molecule has 4 nitrogen and oxygen atoms in total. The third kappa shape index (κ3) is 3.04. The first kappa shape index (κ1) is 12.9. The van der Waals surface area contributed by atoms with E-state index in [1.54, 1.807) is 12.1 Å². The number of rotatable bonds is 3. The van der Waals surface area contributed by atoms with Crippen LogP contribution in [0.25, 0.3) is 0 Å². The van der Waals surface area contributed by atoms with Gasteiger partial charge in [0.05, 0.1) is 5.69 Å². The second kappa shape index (κ2) is 5.43. The molecule has 1 heterocycles. The van der Waals surface area contributed by atoms with E-state index in [9.17, 15) is 13.6 Å². The number of nitrogens with zero attached hydrogens (tertiary/aromatic N) is 1. The molecule has 0 saturated carbocycles. The maximum Gasteiger partial charge on any atom is 0.272 e. The highest BCUT2D eigenvalue weighted by atomic mass is 19.1. The van der Waals surface area contributed by atoms with Crippen LogP contribution in [0.5, 0.6) is 0 Å². The van der Waals surface area contributed by atoms with E-state index in [0.29, 0.717) is 0 Å². The monoisotopic (exact) mass is 263 g/mol. The summed E-state index contributed by atoms with van der Waals surface area (Å²) in [5.74, 6) is -1.89. The number of anilines is 1. The zero-order valence-corrected chi connectivity index (χ0v) is 9.86. The van der Waals surface area contributed by atoms with Crippen LogP contribution in [0.3, 0.4) is 0 Å². The van der Waals surface area contributed by atoms with E-state index >= 15 is 0 Å². The van der Waals surface area contributed by atoms with Gasteiger partial charge in [-0.1, -0.05) is 6.07 Å². The number of nitrogens with two attached hydrogens (primary N) is 1. The molecule has 0 aliphatic carbocycles. The highest BCUT2D eigenvalue weighted by molar-refractivity contribution is 5.96. The molecule has 6 heteroatoms. The van der Waals surface area contributed by atoms with E-state index in [1.165, 1.54) is 12.3 Å². The van der Waals surface area contributed by atoms with Crippen molar-refractivity contribution in [3.8, 4) is 0 Å². The number of hydrogen-bond acceptors (Lipinski definition) is 3. The number of pyridine rings is 1. The Morgan fingerprint density at radius 2 is 2.11 bits per heavy atom. The fourth-order valence-electron chi connectivity index (χ4n) is 1.53. The summed E-state index contributed by atoms with van der Waals surface area (Å²) in [6.07, 6.45) is 1.43. The lowest BCUT2D eigenvalue weighted by Gasteiger charge is -2.07. The predicted molar refractivity (Wildman–Crippen MR) is 66.2 cm³/mol. The smallest absolute Gasteiger partial charge is 0.272 e. The largest absolute Gasteiger partial charge is 0.397 e. The van der Waals surface area contributed by atoms with Crippen molar-refractivity contribution in [2.75, 3.05) is 5.73 Å². The molecule has 0 aliphatic rings. The summed E-state index contributed by atoms with van der Waals surface area (Å²) in [5.41, 5.74) is 6.09. The molecule has 0 bridgehead atoms. The molecule has 0 radical (unpaired) electrons. The minimum Gasteiger partial charge on any atom is -0.397 e. The van der Waals surface area contributed by atoms with E-state index in [1.807, 2.05) is 0 Å². The highest BCUT2D eigenvalue weighted by Crippen LogP contribution is 2.10. The van der Waals surface area contributed by atoms with Crippen LogP contribution in [0.1, 0.15) is 16.1 Å². The number of nitrogens with one attached hydrogen (secondary N) is 1. The molecule has 0 fully saturated rings. The third-order valence-electron chi connectivity index (χ3n) is 2.51. The molecule has 1 aromatic carbocycles. The lowest BCUT2D eigenvalue weighted by atomic mass is 10.2. The lowest BCUT2D eigenvalue weighted by molar-refractivity contribution is 0.0946. The Morgan fingerprint density at radius 1 is 1.32 bits per heavy atom. The molecule has 1 aromatic heterocycles. The van der Waals surface area contributed by atoms with Crippen LogP contribution in [0.2, 0.25) is 0 Å². The van der Waals surface area contributed by atoms with E-state index in [2.05, 4.69) is 10.3 Å². The van der Waals surface area contributed by atoms with Crippen LogP contribution in [0.15, 0.2) is 36.5 Å². The van der Waals surface area contributed by atoms with Gasteiger partial charge in [-0.05, 0) is 18.2 Å². The molecule has 1 amide bonds. The summed E-state index contributed by atoms with van der Waals surface area (Å²) in [6.45, 7) is -0.0685. The molecule has 2 rings (SSSR count). The molecule has 0 spiro atoms. The number of halogens is 2. The number of benzene rings is 1. The maximum absolute atomic E-state index is 13.4. The fourth-order valence-corrected chi connectivity index (χ4v) is 1.53. The highest BCUT2D eigenvalue weighted by Gasteiger charge is 2.11. The van der Waals surface area contributed by atoms with E-state index in [-0.39, 0.29) is 23.5 Å². The minimum absolute atomic E-state index is 0.0685. The molecular formula is C13H11F2N3O. The Balaban J connectivity index is 2.07. The summed E-state index contributed by atoms with van der Waals surface area (Å²) >= 11 is 0.